The molecule has 0 spiro atoms. The van der Waals surface area contributed by atoms with E-state index >= 15 is 0 Å². The fourth-order valence-electron chi connectivity index (χ4n) is 7.39. The van der Waals surface area contributed by atoms with E-state index in [1.54, 1.807) is 28.5 Å². The normalized spacial score (nSPS) is 19.7. The highest BCUT2D eigenvalue weighted by molar-refractivity contribution is 7.13. The van der Waals surface area contributed by atoms with Crippen LogP contribution in [-0.2, 0) is 19.1 Å². The number of nitrogens with zero attached hydrogens (tertiary/aromatic N) is 6. The molecule has 3 saturated heterocycles. The molecule has 13 nitrogen and oxygen atoms in total. The second-order valence-corrected chi connectivity index (χ2v) is 16.3. The van der Waals surface area contributed by atoms with Crippen molar-refractivity contribution in [2.45, 2.75) is 71.6 Å². The monoisotopic (exact) mass is 744 g/mol. The van der Waals surface area contributed by atoms with E-state index in [-0.39, 0.29) is 30.3 Å². The molecule has 3 aromatic rings. The van der Waals surface area contributed by atoms with Crippen LogP contribution in [0, 0.1) is 12.3 Å². The van der Waals surface area contributed by atoms with Crippen molar-refractivity contribution in [3.05, 3.63) is 64.9 Å². The maximum absolute atomic E-state index is 14.1. The lowest BCUT2D eigenvalue weighted by atomic mass is 9.85. The van der Waals surface area contributed by atoms with Crippen molar-refractivity contribution in [2.24, 2.45) is 5.41 Å². The number of thiazole rings is 1. The summed E-state index contributed by atoms with van der Waals surface area (Å²) in [5, 5.41) is 6.20. The Morgan fingerprint density at radius 3 is 2.28 bits per heavy atom. The van der Waals surface area contributed by atoms with Crippen LogP contribution >= 0.6 is 11.3 Å². The van der Waals surface area contributed by atoms with Crippen LogP contribution in [0.4, 0.5) is 5.82 Å². The van der Waals surface area contributed by atoms with E-state index in [2.05, 4.69) is 47.4 Å². The first-order chi connectivity index (χ1) is 25.3. The SMILES string of the molecule is COC(=O)c1ccc(N2CC(N3CCN(CC(=O)N[C@H](C(=O)N4CCCC4C(=O)N[C@@H](C)c4ccc(-c5scnc5C)cc4)C(C)(C)C)CC3)C2)nc1. The number of hydrogen-bond donors (Lipinski definition) is 2. The molecule has 3 aliphatic rings. The number of rotatable bonds is 11. The van der Waals surface area contributed by atoms with Crippen molar-refractivity contribution >= 4 is 40.8 Å². The van der Waals surface area contributed by atoms with Gasteiger partial charge in [-0.2, -0.15) is 0 Å². The molecule has 284 valence electrons. The van der Waals surface area contributed by atoms with Crippen molar-refractivity contribution in [1.29, 1.82) is 0 Å². The highest BCUT2D eigenvalue weighted by Gasteiger charge is 2.42. The smallest absolute Gasteiger partial charge is 0.339 e. The number of aryl methyl sites for hydroxylation is 1. The predicted octanol–water partition coefficient (Wildman–Crippen LogP) is 3.51. The number of pyridine rings is 1. The Balaban J connectivity index is 0.973. The summed E-state index contributed by atoms with van der Waals surface area (Å²) in [5.74, 6) is -0.135. The highest BCUT2D eigenvalue weighted by Crippen LogP contribution is 2.30. The van der Waals surface area contributed by atoms with Gasteiger partial charge in [0.1, 0.15) is 17.9 Å². The molecule has 5 heterocycles. The first kappa shape index (κ1) is 38.3. The van der Waals surface area contributed by atoms with Crippen molar-refractivity contribution in [3.63, 3.8) is 0 Å². The lowest BCUT2D eigenvalue weighted by Gasteiger charge is -2.48. The summed E-state index contributed by atoms with van der Waals surface area (Å²) in [6.45, 7) is 15.4. The van der Waals surface area contributed by atoms with E-state index in [1.807, 2.05) is 58.3 Å². The molecule has 3 fully saturated rings. The minimum Gasteiger partial charge on any atom is -0.465 e. The molecule has 6 rings (SSSR count). The third-order valence-corrected chi connectivity index (χ3v) is 11.7. The molecule has 3 atom stereocenters. The second-order valence-electron chi connectivity index (χ2n) is 15.4. The lowest BCUT2D eigenvalue weighted by molar-refractivity contribution is -0.144. The molecule has 3 amide bonds. The summed E-state index contributed by atoms with van der Waals surface area (Å²) in [5.41, 5.74) is 4.80. The van der Waals surface area contributed by atoms with Crippen molar-refractivity contribution in [1.82, 2.24) is 35.3 Å². The summed E-state index contributed by atoms with van der Waals surface area (Å²) < 4.78 is 4.76. The topological polar surface area (TPSA) is 140 Å². The lowest BCUT2D eigenvalue weighted by Crippen LogP contribution is -2.64. The maximum atomic E-state index is 14.1. The molecule has 0 saturated carbocycles. The number of nitrogens with one attached hydrogen (secondary N) is 2. The van der Waals surface area contributed by atoms with Gasteiger partial charge in [-0.15, -0.1) is 11.3 Å². The minimum atomic E-state index is -0.763. The number of aromatic nitrogens is 2. The van der Waals surface area contributed by atoms with Crippen LogP contribution in [0.3, 0.4) is 0 Å². The number of likely N-dealkylation sites (tertiary alicyclic amines) is 1. The largest absolute Gasteiger partial charge is 0.465 e. The fraction of sp³-hybridized carbons (Fsp3) is 0.538. The molecule has 0 radical (unpaired) electrons. The van der Waals surface area contributed by atoms with E-state index in [4.69, 9.17) is 4.74 Å². The van der Waals surface area contributed by atoms with Crippen LogP contribution in [-0.4, -0.2) is 126 Å². The molecule has 3 aliphatic heterocycles. The number of benzene rings is 1. The summed E-state index contributed by atoms with van der Waals surface area (Å²) >= 11 is 1.61. The van der Waals surface area contributed by atoms with Gasteiger partial charge in [-0.3, -0.25) is 24.2 Å². The van der Waals surface area contributed by atoms with E-state index in [9.17, 15) is 19.2 Å². The van der Waals surface area contributed by atoms with E-state index in [0.29, 0.717) is 24.6 Å². The van der Waals surface area contributed by atoms with Crippen molar-refractivity contribution < 1.29 is 23.9 Å². The van der Waals surface area contributed by atoms with Gasteiger partial charge in [0.15, 0.2) is 0 Å². The molecule has 0 aliphatic carbocycles. The third kappa shape index (κ3) is 8.88. The number of methoxy groups -OCH3 is 1. The number of anilines is 1. The Kier molecular flexibility index (Phi) is 11.8. The number of esters is 1. The Labute approximate surface area is 316 Å². The van der Waals surface area contributed by atoms with Gasteiger partial charge < -0.3 is 25.2 Å². The molecule has 2 aromatic heterocycles. The van der Waals surface area contributed by atoms with Crippen LogP contribution in [0.1, 0.15) is 68.2 Å². The van der Waals surface area contributed by atoms with Gasteiger partial charge in [-0.05, 0) is 55.4 Å². The van der Waals surface area contributed by atoms with Gasteiger partial charge in [0.2, 0.25) is 17.7 Å². The Morgan fingerprint density at radius 2 is 1.68 bits per heavy atom. The van der Waals surface area contributed by atoms with Gasteiger partial charge in [-0.25, -0.2) is 14.8 Å². The molecule has 0 bridgehead atoms. The zero-order valence-electron chi connectivity index (χ0n) is 31.6. The first-order valence-corrected chi connectivity index (χ1v) is 19.4. The molecule has 1 aromatic carbocycles. The van der Waals surface area contributed by atoms with Gasteiger partial charge in [0.05, 0.1) is 41.3 Å². The second kappa shape index (κ2) is 16.3. The van der Waals surface area contributed by atoms with Crippen LogP contribution < -0.4 is 15.5 Å². The first-order valence-electron chi connectivity index (χ1n) is 18.5. The predicted molar refractivity (Wildman–Crippen MR) is 205 cm³/mol. The molecule has 53 heavy (non-hydrogen) atoms. The number of carbonyl (C=O) groups is 4. The minimum absolute atomic E-state index is 0.176. The molecule has 14 heteroatoms. The average molecular weight is 745 g/mol. The van der Waals surface area contributed by atoms with Crippen LogP contribution in [0.5, 0.6) is 0 Å². The van der Waals surface area contributed by atoms with E-state index in [1.165, 1.54) is 7.11 Å². The Bertz CT molecular complexity index is 1760. The number of ether oxygens (including phenoxy) is 1. The molecular weight excluding hydrogens is 693 g/mol. The fourth-order valence-corrected chi connectivity index (χ4v) is 8.21. The summed E-state index contributed by atoms with van der Waals surface area (Å²) in [4.78, 5) is 71.2. The van der Waals surface area contributed by atoms with Crippen molar-refractivity contribution in [2.75, 3.05) is 64.4 Å². The Morgan fingerprint density at radius 1 is 0.962 bits per heavy atom. The highest BCUT2D eigenvalue weighted by atomic mass is 32.1. The van der Waals surface area contributed by atoms with Gasteiger partial charge in [-0.1, -0.05) is 45.0 Å². The number of hydrogen-bond acceptors (Lipinski definition) is 11. The zero-order chi connectivity index (χ0) is 37.9. The third-order valence-electron chi connectivity index (χ3n) is 10.7. The Hall–Kier alpha value is -4.40. The van der Waals surface area contributed by atoms with Crippen LogP contribution in [0.25, 0.3) is 10.4 Å². The molecular formula is C39H52N8O5S. The van der Waals surface area contributed by atoms with E-state index < -0.39 is 23.5 Å². The summed E-state index contributed by atoms with van der Waals surface area (Å²) in [7, 11) is 1.36. The number of carbonyl (C=O) groups excluding carboxylic acids is 4. The molecule has 1 unspecified atom stereocenters. The van der Waals surface area contributed by atoms with Gasteiger partial charge in [0.25, 0.3) is 0 Å². The zero-order valence-corrected chi connectivity index (χ0v) is 32.4. The van der Waals surface area contributed by atoms with Gasteiger partial charge >= 0.3 is 5.97 Å². The summed E-state index contributed by atoms with van der Waals surface area (Å²) in [6, 6.07) is 10.6. The standard InChI is InChI=1S/C39H52N8O5S/c1-25(27-9-11-28(12-10-27)34-26(2)41-24-53-34)42-36(49)31-8-7-15-47(31)37(50)35(39(3,4)5)43-33(48)23-44-16-18-45(19-17-44)30-21-46(22-30)32-14-13-29(20-40-32)38(51)52-6/h9-14,20,24-25,30-31,35H,7-8,15-19,21-23H2,1-6H3,(H,42,49)(H,43,48)/t25-,31?,35+/m0/s1. The van der Waals surface area contributed by atoms with Crippen LogP contribution in [0.15, 0.2) is 48.1 Å². The molecule has 2 N–H and O–H groups in total. The number of piperazine rings is 1. The maximum Gasteiger partial charge on any atom is 0.339 e. The number of amides is 3. The summed E-state index contributed by atoms with van der Waals surface area (Å²) in [6.07, 6.45) is 2.86. The van der Waals surface area contributed by atoms with Gasteiger partial charge in [0, 0.05) is 58.1 Å². The van der Waals surface area contributed by atoms with Crippen molar-refractivity contribution in [3.8, 4) is 10.4 Å². The van der Waals surface area contributed by atoms with Crippen LogP contribution in [0.2, 0.25) is 0 Å². The quantitative estimate of drug-likeness (QED) is 0.281. The van der Waals surface area contributed by atoms with E-state index in [0.717, 1.165) is 73.2 Å². The average Bonchev–Trinajstić information content (AvgIpc) is 3.79.